The smallest absolute Gasteiger partial charge is 0.227 e. The van der Waals surface area contributed by atoms with Crippen molar-refractivity contribution in [3.8, 4) is 16.9 Å². The predicted octanol–water partition coefficient (Wildman–Crippen LogP) is 2.86. The van der Waals surface area contributed by atoms with Gasteiger partial charge in [0.2, 0.25) is 17.7 Å². The number of likely N-dealkylation sites (tertiary alicyclic amines) is 1. The van der Waals surface area contributed by atoms with Crippen LogP contribution in [0, 0.1) is 6.92 Å². The topological polar surface area (TPSA) is 97.5 Å². The first kappa shape index (κ1) is 21.7. The molecule has 9 nitrogen and oxygen atoms in total. The lowest BCUT2D eigenvalue weighted by atomic mass is 9.96. The number of benzene rings is 1. The molecule has 0 spiro atoms. The van der Waals surface area contributed by atoms with Gasteiger partial charge < -0.3 is 19.1 Å². The molecule has 1 amide bonds. The summed E-state index contributed by atoms with van der Waals surface area (Å²) < 4.78 is 10.5. The van der Waals surface area contributed by atoms with Crippen LogP contribution < -0.4 is 9.64 Å². The Balaban J connectivity index is 1.54. The van der Waals surface area contributed by atoms with Crippen molar-refractivity contribution in [2.75, 3.05) is 39.2 Å². The Kier molecular flexibility index (Phi) is 6.34. The highest BCUT2D eigenvalue weighted by Gasteiger charge is 2.30. The van der Waals surface area contributed by atoms with E-state index in [4.69, 9.17) is 14.2 Å². The predicted molar refractivity (Wildman–Crippen MR) is 120 cm³/mol. The van der Waals surface area contributed by atoms with Crippen molar-refractivity contribution >= 4 is 11.9 Å². The molecule has 0 aliphatic carbocycles. The molecular formula is C23H28N6O3. The lowest BCUT2D eigenvalue weighted by molar-refractivity contribution is -0.130. The van der Waals surface area contributed by atoms with Gasteiger partial charge in [-0.3, -0.25) is 4.79 Å². The summed E-state index contributed by atoms with van der Waals surface area (Å²) in [4.78, 5) is 30.2. The molecule has 32 heavy (non-hydrogen) atoms. The van der Waals surface area contributed by atoms with Gasteiger partial charge >= 0.3 is 0 Å². The van der Waals surface area contributed by atoms with E-state index in [-0.39, 0.29) is 11.8 Å². The molecule has 1 atom stereocenters. The van der Waals surface area contributed by atoms with Crippen molar-refractivity contribution in [3.63, 3.8) is 0 Å². The number of carbonyl (C=O) groups excluding carboxylic acids is 1. The first-order chi connectivity index (χ1) is 15.4. The zero-order valence-corrected chi connectivity index (χ0v) is 18.9. The maximum absolute atomic E-state index is 12.8. The Labute approximate surface area is 187 Å². The van der Waals surface area contributed by atoms with Gasteiger partial charge in [-0.2, -0.15) is 4.98 Å². The fourth-order valence-electron chi connectivity index (χ4n) is 3.95. The van der Waals surface area contributed by atoms with Crippen molar-refractivity contribution in [2.45, 2.75) is 32.1 Å². The first-order valence-corrected chi connectivity index (χ1v) is 10.7. The second-order valence-corrected chi connectivity index (χ2v) is 8.16. The minimum absolute atomic E-state index is 0.0909. The van der Waals surface area contributed by atoms with Crippen LogP contribution in [0.2, 0.25) is 0 Å². The van der Waals surface area contributed by atoms with Crippen molar-refractivity contribution in [2.24, 2.45) is 0 Å². The van der Waals surface area contributed by atoms with Crippen LogP contribution in [0.4, 0.5) is 5.95 Å². The van der Waals surface area contributed by atoms with E-state index in [0.29, 0.717) is 43.6 Å². The number of carbonyl (C=O) groups is 1. The van der Waals surface area contributed by atoms with Crippen LogP contribution in [-0.2, 0) is 11.2 Å². The number of amides is 1. The van der Waals surface area contributed by atoms with Gasteiger partial charge in [-0.1, -0.05) is 17.3 Å². The third kappa shape index (κ3) is 4.71. The van der Waals surface area contributed by atoms with E-state index in [0.717, 1.165) is 29.0 Å². The highest BCUT2D eigenvalue weighted by atomic mass is 16.5. The minimum Gasteiger partial charge on any atom is -0.497 e. The summed E-state index contributed by atoms with van der Waals surface area (Å²) in [6.07, 6.45) is 3.53. The SMILES string of the molecule is COc1cccc(-c2cnc(N(C)C)nc2C2CCN(C(=O)CCc3nc(C)no3)C2)c1. The lowest BCUT2D eigenvalue weighted by Crippen LogP contribution is -2.28. The van der Waals surface area contributed by atoms with E-state index in [1.54, 1.807) is 14.0 Å². The molecule has 168 valence electrons. The normalized spacial score (nSPS) is 15.8. The van der Waals surface area contributed by atoms with Crippen molar-refractivity contribution < 1.29 is 14.1 Å². The fraction of sp³-hybridized carbons (Fsp3) is 0.435. The molecule has 9 heteroatoms. The number of rotatable bonds is 7. The van der Waals surface area contributed by atoms with E-state index < -0.39 is 0 Å². The molecule has 1 fully saturated rings. The first-order valence-electron chi connectivity index (χ1n) is 10.7. The Hall–Kier alpha value is -3.49. The zero-order valence-electron chi connectivity index (χ0n) is 18.9. The fourth-order valence-corrected chi connectivity index (χ4v) is 3.95. The summed E-state index contributed by atoms with van der Waals surface area (Å²) in [6, 6.07) is 7.90. The summed E-state index contributed by atoms with van der Waals surface area (Å²) in [5.41, 5.74) is 2.93. The standard InChI is InChI=1S/C23H28N6O3/c1-15-25-20(32-27-15)8-9-21(30)29-11-10-17(14-29)22-19(13-24-23(26-22)28(2)3)16-6-5-7-18(12-16)31-4/h5-7,12-13,17H,8-11,14H2,1-4H3. The quantitative estimate of drug-likeness (QED) is 0.558. The number of anilines is 1. The summed E-state index contributed by atoms with van der Waals surface area (Å²) in [5, 5.41) is 3.78. The summed E-state index contributed by atoms with van der Waals surface area (Å²) in [7, 11) is 5.50. The lowest BCUT2D eigenvalue weighted by Gasteiger charge is -2.19. The Bertz CT molecular complexity index is 1100. The van der Waals surface area contributed by atoms with Gasteiger partial charge in [0, 0.05) is 57.7 Å². The molecular weight excluding hydrogens is 408 g/mol. The Morgan fingerprint density at radius 1 is 1.31 bits per heavy atom. The molecule has 0 saturated carbocycles. The molecule has 3 heterocycles. The number of methoxy groups -OCH3 is 1. The van der Waals surface area contributed by atoms with Gasteiger partial charge in [-0.25, -0.2) is 9.97 Å². The molecule has 0 bridgehead atoms. The van der Waals surface area contributed by atoms with Crippen molar-refractivity contribution in [1.82, 2.24) is 25.0 Å². The molecule has 3 aromatic rings. The van der Waals surface area contributed by atoms with Crippen LogP contribution in [0.5, 0.6) is 5.75 Å². The summed E-state index contributed by atoms with van der Waals surface area (Å²) in [6.45, 7) is 3.09. The molecule has 0 radical (unpaired) electrons. The second-order valence-electron chi connectivity index (χ2n) is 8.16. The third-order valence-electron chi connectivity index (χ3n) is 5.64. The molecule has 2 aromatic heterocycles. The molecule has 4 rings (SSSR count). The average molecular weight is 437 g/mol. The molecule has 1 aromatic carbocycles. The van der Waals surface area contributed by atoms with Crippen LogP contribution in [-0.4, -0.2) is 65.2 Å². The molecule has 0 N–H and O–H groups in total. The van der Waals surface area contributed by atoms with Gasteiger partial charge in [-0.15, -0.1) is 0 Å². The van der Waals surface area contributed by atoms with Gasteiger partial charge in [0.1, 0.15) is 5.75 Å². The van der Waals surface area contributed by atoms with E-state index in [9.17, 15) is 4.79 Å². The van der Waals surface area contributed by atoms with Gasteiger partial charge in [0.15, 0.2) is 5.82 Å². The van der Waals surface area contributed by atoms with Gasteiger partial charge in [0.05, 0.1) is 12.8 Å². The maximum Gasteiger partial charge on any atom is 0.227 e. The van der Waals surface area contributed by atoms with Crippen molar-refractivity contribution in [1.29, 1.82) is 0 Å². The van der Waals surface area contributed by atoms with E-state index in [2.05, 4.69) is 15.1 Å². The Morgan fingerprint density at radius 3 is 2.88 bits per heavy atom. The second kappa shape index (κ2) is 9.33. The van der Waals surface area contributed by atoms with Crippen molar-refractivity contribution in [3.05, 3.63) is 47.9 Å². The number of nitrogens with zero attached hydrogens (tertiary/aromatic N) is 6. The number of aryl methyl sites for hydroxylation is 2. The molecule has 1 unspecified atom stereocenters. The van der Waals surface area contributed by atoms with Gasteiger partial charge in [0.25, 0.3) is 0 Å². The number of hydrogen-bond acceptors (Lipinski definition) is 8. The highest BCUT2D eigenvalue weighted by molar-refractivity contribution is 5.77. The van der Waals surface area contributed by atoms with Crippen LogP contribution >= 0.6 is 0 Å². The van der Waals surface area contributed by atoms with Crippen LogP contribution in [0.15, 0.2) is 35.0 Å². The number of hydrogen-bond donors (Lipinski definition) is 0. The Morgan fingerprint density at radius 2 is 2.16 bits per heavy atom. The van der Waals surface area contributed by atoms with E-state index >= 15 is 0 Å². The van der Waals surface area contributed by atoms with Gasteiger partial charge in [-0.05, 0) is 31.0 Å². The largest absolute Gasteiger partial charge is 0.497 e. The van der Waals surface area contributed by atoms with Crippen LogP contribution in [0.25, 0.3) is 11.1 Å². The number of ether oxygens (including phenoxy) is 1. The highest BCUT2D eigenvalue weighted by Crippen LogP contribution is 2.35. The monoisotopic (exact) mass is 436 g/mol. The minimum atomic E-state index is 0.0909. The van der Waals surface area contributed by atoms with Crippen LogP contribution in [0.1, 0.15) is 36.2 Å². The average Bonchev–Trinajstić information content (AvgIpc) is 3.46. The molecule has 1 aliphatic heterocycles. The molecule has 1 saturated heterocycles. The summed E-state index contributed by atoms with van der Waals surface area (Å²) >= 11 is 0. The third-order valence-corrected chi connectivity index (χ3v) is 5.64. The maximum atomic E-state index is 12.8. The van der Waals surface area contributed by atoms with E-state index in [1.165, 1.54) is 0 Å². The van der Waals surface area contributed by atoms with Crippen LogP contribution in [0.3, 0.4) is 0 Å². The molecule has 1 aliphatic rings. The summed E-state index contributed by atoms with van der Waals surface area (Å²) in [5.74, 6) is 2.74. The zero-order chi connectivity index (χ0) is 22.7. The van der Waals surface area contributed by atoms with E-state index in [1.807, 2.05) is 54.4 Å². The number of aromatic nitrogens is 4.